The summed E-state index contributed by atoms with van der Waals surface area (Å²) in [5.41, 5.74) is 3.89. The lowest BCUT2D eigenvalue weighted by Gasteiger charge is -2.30. The highest BCUT2D eigenvalue weighted by Crippen LogP contribution is 2.35. The van der Waals surface area contributed by atoms with E-state index in [4.69, 9.17) is 0 Å². The largest absolute Gasteiger partial charge is 0.337 e. The predicted octanol–water partition coefficient (Wildman–Crippen LogP) is 6.14. The van der Waals surface area contributed by atoms with Crippen LogP contribution in [0.25, 0.3) is 0 Å². The normalized spacial score (nSPS) is 15.5. The van der Waals surface area contributed by atoms with E-state index in [1.807, 2.05) is 66.3 Å². The Hall–Kier alpha value is -3.75. The average Bonchev–Trinajstić information content (AvgIpc) is 3.36. The molecule has 1 aromatic heterocycles. The Labute approximate surface area is 237 Å². The maximum absolute atomic E-state index is 13.8. The molecular weight excluding hydrogens is 520 g/mol. The monoisotopic (exact) mass is 558 g/mol. The molecule has 0 saturated carbocycles. The van der Waals surface area contributed by atoms with Gasteiger partial charge in [-0.3, -0.25) is 4.79 Å². The molecule has 0 fully saturated rings. The minimum absolute atomic E-state index is 0. The number of aryl methyl sites for hydroxylation is 2. The number of hydrogen-bond acceptors (Lipinski definition) is 4. The van der Waals surface area contributed by atoms with Crippen LogP contribution in [-0.2, 0) is 34.8 Å². The molecule has 7 nitrogen and oxygen atoms in total. The van der Waals surface area contributed by atoms with E-state index in [9.17, 15) is 13.2 Å². The van der Waals surface area contributed by atoms with Crippen molar-refractivity contribution < 1.29 is 13.2 Å². The zero-order chi connectivity index (χ0) is 27.4. The first-order valence-electron chi connectivity index (χ1n) is 13.3. The van der Waals surface area contributed by atoms with E-state index in [1.54, 1.807) is 41.4 Å². The summed E-state index contributed by atoms with van der Waals surface area (Å²) in [7, 11) is -1.77. The van der Waals surface area contributed by atoms with Gasteiger partial charge < -0.3 is 9.47 Å². The van der Waals surface area contributed by atoms with Gasteiger partial charge in [0.2, 0.25) is 15.9 Å². The Kier molecular flexibility index (Phi) is 9.22. The molecule has 0 unspecified atom stereocenters. The van der Waals surface area contributed by atoms with Crippen LogP contribution in [0.1, 0.15) is 68.1 Å². The Bertz CT molecular complexity index is 1530. The lowest BCUT2D eigenvalue weighted by molar-refractivity contribution is -0.119. The van der Waals surface area contributed by atoms with Crippen LogP contribution in [0.2, 0.25) is 0 Å². The summed E-state index contributed by atoms with van der Waals surface area (Å²) in [6, 6.07) is 24.1. The number of sulfonamides is 1. The van der Waals surface area contributed by atoms with Crippen molar-refractivity contribution in [3.05, 3.63) is 114 Å². The molecule has 5 rings (SSSR count). The fraction of sp³-hybridized carbons (Fsp3) is 0.312. The number of aromatic nitrogens is 2. The second-order valence-electron chi connectivity index (χ2n) is 10.2. The molecule has 40 heavy (non-hydrogen) atoms. The molecule has 0 radical (unpaired) electrons. The highest BCUT2D eigenvalue weighted by Gasteiger charge is 2.28. The van der Waals surface area contributed by atoms with Crippen molar-refractivity contribution in [2.24, 2.45) is 7.05 Å². The predicted molar refractivity (Wildman–Crippen MR) is 159 cm³/mol. The molecule has 1 aliphatic carbocycles. The quantitative estimate of drug-likeness (QED) is 0.268. The maximum atomic E-state index is 13.8. The average molecular weight is 559 g/mol. The number of imidazole rings is 1. The van der Waals surface area contributed by atoms with E-state index in [1.165, 1.54) is 0 Å². The molecule has 0 spiro atoms. The van der Waals surface area contributed by atoms with Crippen LogP contribution in [0.3, 0.4) is 0 Å². The van der Waals surface area contributed by atoms with Crippen molar-refractivity contribution in [3.8, 4) is 0 Å². The third-order valence-corrected chi connectivity index (χ3v) is 8.96. The minimum Gasteiger partial charge on any atom is -0.337 e. The molecule has 1 aliphatic rings. The van der Waals surface area contributed by atoms with Crippen LogP contribution in [0.5, 0.6) is 0 Å². The summed E-state index contributed by atoms with van der Waals surface area (Å²) >= 11 is 0. The van der Waals surface area contributed by atoms with E-state index >= 15 is 0 Å². The summed E-state index contributed by atoms with van der Waals surface area (Å²) in [5, 5.41) is 0. The fourth-order valence-electron chi connectivity index (χ4n) is 5.22. The topological polar surface area (TPSA) is 84.3 Å². The van der Waals surface area contributed by atoms with Gasteiger partial charge in [0.1, 0.15) is 5.82 Å². The van der Waals surface area contributed by atoms with E-state index in [2.05, 4.69) is 16.6 Å². The number of nitrogens with zero attached hydrogens (tertiary/aromatic N) is 3. The third-order valence-electron chi connectivity index (χ3n) is 7.48. The number of amides is 1. The second-order valence-corrected chi connectivity index (χ2v) is 11.9. The summed E-state index contributed by atoms with van der Waals surface area (Å²) in [6.07, 6.45) is 6.39. The van der Waals surface area contributed by atoms with Crippen molar-refractivity contribution in [2.45, 2.75) is 63.4 Å². The highest BCUT2D eigenvalue weighted by atomic mass is 32.2. The van der Waals surface area contributed by atoms with Crippen molar-refractivity contribution >= 4 is 21.6 Å². The van der Waals surface area contributed by atoms with E-state index in [-0.39, 0.29) is 30.2 Å². The van der Waals surface area contributed by atoms with Crippen molar-refractivity contribution in [2.75, 3.05) is 4.90 Å². The molecule has 2 atom stereocenters. The van der Waals surface area contributed by atoms with E-state index in [0.717, 1.165) is 41.0 Å². The van der Waals surface area contributed by atoms with E-state index in [0.29, 0.717) is 19.4 Å². The van der Waals surface area contributed by atoms with Gasteiger partial charge in [0, 0.05) is 37.6 Å². The van der Waals surface area contributed by atoms with Gasteiger partial charge in [0.15, 0.2) is 0 Å². The van der Waals surface area contributed by atoms with Gasteiger partial charge in [-0.1, -0.05) is 68.9 Å². The zero-order valence-corrected chi connectivity index (χ0v) is 23.1. The van der Waals surface area contributed by atoms with Gasteiger partial charge in [-0.25, -0.2) is 18.1 Å². The number of nitrogens with one attached hydrogen (secondary N) is 1. The van der Waals surface area contributed by atoms with Gasteiger partial charge in [0.05, 0.1) is 11.4 Å². The summed E-state index contributed by atoms with van der Waals surface area (Å²) < 4.78 is 31.1. The van der Waals surface area contributed by atoms with Crippen LogP contribution >= 0.6 is 0 Å². The fourth-order valence-corrected chi connectivity index (χ4v) is 6.49. The van der Waals surface area contributed by atoms with Crippen molar-refractivity contribution in [3.63, 3.8) is 0 Å². The number of carbonyl (C=O) groups excluding carboxylic acids is 1. The molecule has 1 heterocycles. The van der Waals surface area contributed by atoms with Crippen molar-refractivity contribution in [1.82, 2.24) is 14.3 Å². The molecule has 0 aliphatic heterocycles. The maximum Gasteiger partial charge on any atom is 0.241 e. The lowest BCUT2D eigenvalue weighted by Crippen LogP contribution is -2.34. The Morgan fingerprint density at radius 1 is 1.07 bits per heavy atom. The molecule has 210 valence electrons. The van der Waals surface area contributed by atoms with E-state index < -0.39 is 10.0 Å². The Balaban J connectivity index is 0.00000370. The van der Waals surface area contributed by atoms with Gasteiger partial charge in [0.25, 0.3) is 0 Å². The first-order chi connectivity index (χ1) is 18.8. The molecule has 1 N–H and O–H groups in total. The third kappa shape index (κ3) is 6.51. The smallest absolute Gasteiger partial charge is 0.241 e. The molecule has 4 aromatic rings. The molecular formula is C32H38N4O3S. The second kappa shape index (κ2) is 12.6. The van der Waals surface area contributed by atoms with Gasteiger partial charge >= 0.3 is 0 Å². The number of fused-ring (bicyclic) bond motifs is 1. The molecule has 0 saturated heterocycles. The lowest BCUT2D eigenvalue weighted by atomic mass is 9.87. The number of anilines is 1. The Morgan fingerprint density at radius 3 is 2.45 bits per heavy atom. The van der Waals surface area contributed by atoms with Crippen LogP contribution in [0, 0.1) is 0 Å². The number of carbonyl (C=O) groups is 1. The number of hydrogen-bond donors (Lipinski definition) is 1. The summed E-state index contributed by atoms with van der Waals surface area (Å²) in [6.45, 7) is 2.39. The standard InChI is InChI=1S/C31H34N4O3S.CH4/c1-23(24-10-5-3-6-11-24)20-31(36)35(22-30-32-18-19-34(30)2)26-17-16-25-12-9-15-29(28(25)21-26)33-39(37,38)27-13-7-4-8-14-27;/h3-8,10-11,13-14,16-19,21,23,29,33H,9,12,15,20,22H2,1-2H3;1H4/t23-,29-;/m0./s1. The summed E-state index contributed by atoms with van der Waals surface area (Å²) in [5.74, 6) is 0.812. The number of benzene rings is 3. The molecule has 0 bridgehead atoms. The number of rotatable bonds is 9. The van der Waals surface area contributed by atoms with Gasteiger partial charge in [-0.05, 0) is 66.1 Å². The first kappa shape index (κ1) is 29.2. The van der Waals surface area contributed by atoms with Crippen molar-refractivity contribution in [1.29, 1.82) is 0 Å². The summed E-state index contributed by atoms with van der Waals surface area (Å²) in [4.78, 5) is 20.3. The van der Waals surface area contributed by atoms with Gasteiger partial charge in [-0.2, -0.15) is 0 Å². The highest BCUT2D eigenvalue weighted by molar-refractivity contribution is 7.89. The molecule has 1 amide bonds. The van der Waals surface area contributed by atoms with Crippen LogP contribution in [0.15, 0.2) is 96.2 Å². The van der Waals surface area contributed by atoms with Gasteiger partial charge in [-0.15, -0.1) is 0 Å². The minimum atomic E-state index is -3.69. The SMILES string of the molecule is C.C[C@@H](CC(=O)N(Cc1nccn1C)c1ccc2c(c1)[C@@H](NS(=O)(=O)c1ccccc1)CCC2)c1ccccc1. The molecule has 3 aromatic carbocycles. The van der Waals surface area contributed by atoms with Crippen LogP contribution in [0.4, 0.5) is 5.69 Å². The molecule has 8 heteroatoms. The zero-order valence-electron chi connectivity index (χ0n) is 22.3. The first-order valence-corrected chi connectivity index (χ1v) is 14.8. The Morgan fingerprint density at radius 2 is 1.77 bits per heavy atom. The van der Waals surface area contributed by atoms with Crippen LogP contribution in [-0.4, -0.2) is 23.9 Å². The van der Waals surface area contributed by atoms with Crippen LogP contribution < -0.4 is 9.62 Å².